The Labute approximate surface area is 138 Å². The van der Waals surface area contributed by atoms with E-state index >= 15 is 0 Å². The summed E-state index contributed by atoms with van der Waals surface area (Å²) in [5.74, 6) is 0. The van der Waals surface area contributed by atoms with Gasteiger partial charge in [-0.3, -0.25) is 0 Å². The third-order valence-corrected chi connectivity index (χ3v) is 4.15. The molecule has 5 heteroatoms. The van der Waals surface area contributed by atoms with Gasteiger partial charge in [0.2, 0.25) is 0 Å². The highest BCUT2D eigenvalue weighted by molar-refractivity contribution is 6.34. The summed E-state index contributed by atoms with van der Waals surface area (Å²) in [4.78, 5) is 16.2. The van der Waals surface area contributed by atoms with Crippen molar-refractivity contribution >= 4 is 23.4 Å². The molecule has 122 valence electrons. The van der Waals surface area contributed by atoms with Gasteiger partial charge in [0.1, 0.15) is 5.60 Å². The lowest BCUT2D eigenvalue weighted by Gasteiger charge is -2.27. The molecule has 22 heavy (non-hydrogen) atoms. The second kappa shape index (κ2) is 6.78. The average Bonchev–Trinajstić information content (AvgIpc) is 2.66. The number of hydrogen-bond acceptors (Lipinski definition) is 3. The summed E-state index contributed by atoms with van der Waals surface area (Å²) in [5, 5.41) is 0.799. The van der Waals surface area contributed by atoms with Crippen molar-refractivity contribution < 1.29 is 9.53 Å². The maximum absolute atomic E-state index is 12.2. The molecule has 0 unspecified atom stereocenters. The van der Waals surface area contributed by atoms with Crippen LogP contribution in [0.25, 0.3) is 0 Å². The number of aryl methyl sites for hydroxylation is 1. The van der Waals surface area contributed by atoms with Crippen LogP contribution in [-0.4, -0.2) is 42.8 Å². The highest BCUT2D eigenvalue weighted by Gasteiger charge is 2.25. The average molecular weight is 325 g/mol. The molecule has 0 N–H and O–H groups in total. The highest BCUT2D eigenvalue weighted by Crippen LogP contribution is 2.29. The van der Waals surface area contributed by atoms with Gasteiger partial charge in [0.15, 0.2) is 0 Å². The lowest BCUT2D eigenvalue weighted by molar-refractivity contribution is 0.0263. The molecule has 1 amide bonds. The van der Waals surface area contributed by atoms with Crippen molar-refractivity contribution in [2.24, 2.45) is 0 Å². The molecular formula is C17H25ClN2O2. The first kappa shape index (κ1) is 16.9. The minimum absolute atomic E-state index is 0.232. The molecule has 1 fully saturated rings. The van der Waals surface area contributed by atoms with Crippen molar-refractivity contribution in [1.82, 2.24) is 4.90 Å². The second-order valence-corrected chi connectivity index (χ2v) is 7.09. The molecule has 0 spiro atoms. The van der Waals surface area contributed by atoms with E-state index in [0.29, 0.717) is 6.54 Å². The van der Waals surface area contributed by atoms with Gasteiger partial charge in [-0.2, -0.15) is 0 Å². The molecule has 0 aliphatic carbocycles. The van der Waals surface area contributed by atoms with Crippen LogP contribution in [0, 0.1) is 6.92 Å². The van der Waals surface area contributed by atoms with Crippen LogP contribution in [0.2, 0.25) is 5.02 Å². The zero-order valence-electron chi connectivity index (χ0n) is 13.9. The molecule has 1 saturated heterocycles. The lowest BCUT2D eigenvalue weighted by atomic mass is 10.2. The zero-order valence-corrected chi connectivity index (χ0v) is 14.6. The fourth-order valence-electron chi connectivity index (χ4n) is 2.54. The Balaban J connectivity index is 2.04. The van der Waals surface area contributed by atoms with Gasteiger partial charge in [0.25, 0.3) is 0 Å². The van der Waals surface area contributed by atoms with Gasteiger partial charge >= 0.3 is 6.09 Å². The van der Waals surface area contributed by atoms with Crippen molar-refractivity contribution in [2.75, 3.05) is 31.1 Å². The quantitative estimate of drug-likeness (QED) is 0.779. The van der Waals surface area contributed by atoms with Crippen molar-refractivity contribution in [3.05, 3.63) is 28.8 Å². The molecule has 0 atom stereocenters. The number of rotatable bonds is 1. The van der Waals surface area contributed by atoms with Crippen LogP contribution in [-0.2, 0) is 4.74 Å². The first-order valence-electron chi connectivity index (χ1n) is 7.76. The summed E-state index contributed by atoms with van der Waals surface area (Å²) in [7, 11) is 0. The van der Waals surface area contributed by atoms with E-state index in [1.807, 2.05) is 45.9 Å². The van der Waals surface area contributed by atoms with Crippen LogP contribution in [0.5, 0.6) is 0 Å². The SMILES string of the molecule is Cc1cccc(N2CCCN(C(=O)OC(C)(C)C)CC2)c1Cl. The van der Waals surface area contributed by atoms with Crippen LogP contribution in [0.3, 0.4) is 0 Å². The van der Waals surface area contributed by atoms with Gasteiger partial charge in [-0.15, -0.1) is 0 Å². The maximum atomic E-state index is 12.2. The molecule has 1 aromatic carbocycles. The monoisotopic (exact) mass is 324 g/mol. The van der Waals surface area contributed by atoms with Gasteiger partial charge in [0.05, 0.1) is 10.7 Å². The van der Waals surface area contributed by atoms with Gasteiger partial charge in [-0.1, -0.05) is 23.7 Å². The van der Waals surface area contributed by atoms with Crippen molar-refractivity contribution in [2.45, 2.75) is 39.7 Å². The topological polar surface area (TPSA) is 32.8 Å². The minimum atomic E-state index is -0.455. The molecular weight excluding hydrogens is 300 g/mol. The number of hydrogen-bond donors (Lipinski definition) is 0. The maximum Gasteiger partial charge on any atom is 0.410 e. The van der Waals surface area contributed by atoms with Gasteiger partial charge in [-0.05, 0) is 45.7 Å². The number of carbonyl (C=O) groups excluding carboxylic acids is 1. The number of carbonyl (C=O) groups is 1. The summed E-state index contributed by atoms with van der Waals surface area (Å²) >= 11 is 6.42. The lowest BCUT2D eigenvalue weighted by Crippen LogP contribution is -2.39. The van der Waals surface area contributed by atoms with Crippen molar-refractivity contribution in [3.63, 3.8) is 0 Å². The Morgan fingerprint density at radius 3 is 2.59 bits per heavy atom. The molecule has 0 bridgehead atoms. The smallest absolute Gasteiger partial charge is 0.410 e. The van der Waals surface area contributed by atoms with E-state index in [9.17, 15) is 4.79 Å². The van der Waals surface area contributed by atoms with Crippen LogP contribution in [0.15, 0.2) is 18.2 Å². The third-order valence-electron chi connectivity index (χ3n) is 3.66. The Hall–Kier alpha value is -1.42. The van der Waals surface area contributed by atoms with E-state index in [0.717, 1.165) is 42.3 Å². The van der Waals surface area contributed by atoms with Gasteiger partial charge < -0.3 is 14.5 Å². The summed E-state index contributed by atoms with van der Waals surface area (Å²) in [6.45, 7) is 10.7. The Bertz CT molecular complexity index is 540. The predicted molar refractivity (Wildman–Crippen MR) is 90.8 cm³/mol. The normalized spacial score (nSPS) is 16.4. The number of amides is 1. The second-order valence-electron chi connectivity index (χ2n) is 6.72. The first-order valence-corrected chi connectivity index (χ1v) is 8.14. The van der Waals surface area contributed by atoms with E-state index in [4.69, 9.17) is 16.3 Å². The van der Waals surface area contributed by atoms with E-state index in [-0.39, 0.29) is 6.09 Å². The van der Waals surface area contributed by atoms with Crippen LogP contribution in [0.1, 0.15) is 32.8 Å². The summed E-state index contributed by atoms with van der Waals surface area (Å²) in [5.41, 5.74) is 1.67. The van der Waals surface area contributed by atoms with E-state index in [2.05, 4.69) is 4.90 Å². The molecule has 0 saturated carbocycles. The number of nitrogens with zero attached hydrogens (tertiary/aromatic N) is 2. The molecule has 2 rings (SSSR count). The largest absolute Gasteiger partial charge is 0.444 e. The zero-order chi connectivity index (χ0) is 16.3. The number of halogens is 1. The van der Waals surface area contributed by atoms with Gasteiger partial charge in [0, 0.05) is 26.2 Å². The fraction of sp³-hybridized carbons (Fsp3) is 0.588. The number of benzene rings is 1. The molecule has 1 heterocycles. The minimum Gasteiger partial charge on any atom is -0.444 e. The standard InChI is InChI=1S/C17H25ClN2O2/c1-13-7-5-8-14(15(13)18)19-9-6-10-20(12-11-19)16(21)22-17(2,3)4/h5,7-8H,6,9-12H2,1-4H3. The van der Waals surface area contributed by atoms with E-state index < -0.39 is 5.60 Å². The summed E-state index contributed by atoms with van der Waals surface area (Å²) < 4.78 is 5.46. The van der Waals surface area contributed by atoms with Crippen LogP contribution >= 0.6 is 11.6 Å². The Morgan fingerprint density at radius 1 is 1.18 bits per heavy atom. The third kappa shape index (κ3) is 4.29. The molecule has 1 aliphatic heterocycles. The van der Waals surface area contributed by atoms with Crippen LogP contribution < -0.4 is 4.90 Å². The van der Waals surface area contributed by atoms with Gasteiger partial charge in [-0.25, -0.2) is 4.79 Å². The summed E-state index contributed by atoms with van der Waals surface area (Å²) in [6.07, 6.45) is 0.674. The molecule has 4 nitrogen and oxygen atoms in total. The predicted octanol–water partition coefficient (Wildman–Crippen LogP) is 4.10. The first-order chi connectivity index (χ1) is 10.3. The van der Waals surface area contributed by atoms with E-state index in [1.165, 1.54) is 0 Å². The van der Waals surface area contributed by atoms with Crippen molar-refractivity contribution in [3.8, 4) is 0 Å². The Kier molecular flexibility index (Phi) is 5.22. The van der Waals surface area contributed by atoms with Crippen molar-refractivity contribution in [1.29, 1.82) is 0 Å². The fourth-order valence-corrected chi connectivity index (χ4v) is 2.79. The van der Waals surface area contributed by atoms with Crippen LogP contribution in [0.4, 0.5) is 10.5 Å². The molecule has 0 aromatic heterocycles. The van der Waals surface area contributed by atoms with E-state index in [1.54, 1.807) is 4.90 Å². The summed E-state index contributed by atoms with van der Waals surface area (Å²) in [6, 6.07) is 6.07. The molecule has 1 aromatic rings. The molecule has 1 aliphatic rings. The molecule has 0 radical (unpaired) electrons. The Morgan fingerprint density at radius 2 is 1.91 bits per heavy atom. The highest BCUT2D eigenvalue weighted by atomic mass is 35.5. The number of ether oxygens (including phenoxy) is 1. The number of anilines is 1.